The van der Waals surface area contributed by atoms with E-state index in [0.29, 0.717) is 12.5 Å². The molecule has 1 aromatic carbocycles. The van der Waals surface area contributed by atoms with E-state index in [-0.39, 0.29) is 5.56 Å². The van der Waals surface area contributed by atoms with Crippen LogP contribution in [0, 0.1) is 6.92 Å². The summed E-state index contributed by atoms with van der Waals surface area (Å²) in [6.07, 6.45) is 0. The number of aromatic nitrogens is 2. The Hall–Kier alpha value is -1.77. The molecule has 2 aromatic rings. The minimum atomic E-state index is 0.0741. The minimum absolute atomic E-state index is 0.0741. The summed E-state index contributed by atoms with van der Waals surface area (Å²) in [6, 6.07) is 8.13. The van der Waals surface area contributed by atoms with Crippen LogP contribution in [0.4, 0.5) is 0 Å². The number of rotatable bonds is 3. The molecule has 0 saturated heterocycles. The maximum atomic E-state index is 12.3. The maximum absolute atomic E-state index is 12.3. The van der Waals surface area contributed by atoms with Crippen molar-refractivity contribution in [3.8, 4) is 11.1 Å². The third-order valence-corrected chi connectivity index (χ3v) is 3.22. The molecule has 18 heavy (non-hydrogen) atoms. The van der Waals surface area contributed by atoms with E-state index < -0.39 is 0 Å². The molecule has 0 unspecified atom stereocenters. The molecule has 0 amide bonds. The van der Waals surface area contributed by atoms with E-state index >= 15 is 0 Å². The lowest BCUT2D eigenvalue weighted by Crippen LogP contribution is -2.16. The number of aromatic amines is 1. The van der Waals surface area contributed by atoms with Gasteiger partial charge in [0.1, 0.15) is 0 Å². The number of nitrogens with zero attached hydrogens (tertiary/aromatic N) is 1. The van der Waals surface area contributed by atoms with Gasteiger partial charge in [-0.05, 0) is 25.3 Å². The molecule has 1 aromatic heterocycles. The summed E-state index contributed by atoms with van der Waals surface area (Å²) in [5, 5.41) is 3.22. The van der Waals surface area contributed by atoms with Gasteiger partial charge >= 0.3 is 0 Å². The number of hydrogen-bond acceptors (Lipinski definition) is 1. The average Bonchev–Trinajstić information content (AvgIpc) is 2.68. The van der Waals surface area contributed by atoms with Crippen LogP contribution in [0.5, 0.6) is 0 Å². The van der Waals surface area contributed by atoms with E-state index in [1.54, 1.807) is 4.68 Å². The largest absolute Gasteiger partial charge is 0.299 e. The highest BCUT2D eigenvalue weighted by Gasteiger charge is 2.17. The first-order valence-electron chi connectivity index (χ1n) is 6.44. The van der Waals surface area contributed by atoms with Crippen LogP contribution in [0.2, 0.25) is 0 Å². The Morgan fingerprint density at radius 1 is 1.22 bits per heavy atom. The molecular weight excluding hydrogens is 224 g/mol. The molecule has 0 aliphatic rings. The lowest BCUT2D eigenvalue weighted by Gasteiger charge is -2.05. The Balaban J connectivity index is 2.65. The van der Waals surface area contributed by atoms with Crippen molar-refractivity contribution < 1.29 is 0 Å². The number of hydrogen-bond donors (Lipinski definition) is 1. The van der Waals surface area contributed by atoms with Crippen molar-refractivity contribution in [1.82, 2.24) is 9.78 Å². The average molecular weight is 244 g/mol. The van der Waals surface area contributed by atoms with Crippen molar-refractivity contribution in [3.05, 3.63) is 45.9 Å². The van der Waals surface area contributed by atoms with Gasteiger partial charge in [0.05, 0.1) is 5.56 Å². The Bertz CT molecular complexity index is 588. The van der Waals surface area contributed by atoms with Gasteiger partial charge in [0, 0.05) is 12.2 Å². The molecule has 2 rings (SSSR count). The van der Waals surface area contributed by atoms with Gasteiger partial charge in [0.15, 0.2) is 0 Å². The predicted molar refractivity (Wildman–Crippen MR) is 75.0 cm³/mol. The zero-order valence-electron chi connectivity index (χ0n) is 11.4. The molecule has 3 nitrogen and oxygen atoms in total. The van der Waals surface area contributed by atoms with Crippen LogP contribution in [0.15, 0.2) is 29.1 Å². The lowest BCUT2D eigenvalue weighted by molar-refractivity contribution is 0.618. The van der Waals surface area contributed by atoms with Crippen LogP contribution in [-0.2, 0) is 6.54 Å². The number of aryl methyl sites for hydroxylation is 2. The third-order valence-electron chi connectivity index (χ3n) is 3.22. The summed E-state index contributed by atoms with van der Waals surface area (Å²) in [6.45, 7) is 8.89. The quantitative estimate of drug-likeness (QED) is 0.883. The Morgan fingerprint density at radius 2 is 1.83 bits per heavy atom. The van der Waals surface area contributed by atoms with Gasteiger partial charge < -0.3 is 0 Å². The Kier molecular flexibility index (Phi) is 3.41. The van der Waals surface area contributed by atoms with E-state index in [9.17, 15) is 4.79 Å². The Labute approximate surface area is 107 Å². The first kappa shape index (κ1) is 12.7. The normalized spacial score (nSPS) is 11.2. The monoisotopic (exact) mass is 244 g/mol. The summed E-state index contributed by atoms with van der Waals surface area (Å²) < 4.78 is 1.67. The fourth-order valence-electron chi connectivity index (χ4n) is 2.14. The summed E-state index contributed by atoms with van der Waals surface area (Å²) in [7, 11) is 0. The molecule has 96 valence electrons. The molecule has 0 aliphatic carbocycles. The molecule has 0 aliphatic heterocycles. The summed E-state index contributed by atoms with van der Waals surface area (Å²) >= 11 is 0. The van der Waals surface area contributed by atoms with Gasteiger partial charge in [-0.2, -0.15) is 0 Å². The highest BCUT2D eigenvalue weighted by molar-refractivity contribution is 5.66. The molecule has 0 atom stereocenters. The van der Waals surface area contributed by atoms with Crippen molar-refractivity contribution in [1.29, 1.82) is 0 Å². The second-order valence-corrected chi connectivity index (χ2v) is 4.97. The summed E-state index contributed by atoms with van der Waals surface area (Å²) in [4.78, 5) is 12.3. The van der Waals surface area contributed by atoms with Crippen molar-refractivity contribution >= 4 is 0 Å². The van der Waals surface area contributed by atoms with E-state index in [1.165, 1.54) is 5.56 Å². The Morgan fingerprint density at radius 3 is 2.33 bits per heavy atom. The minimum Gasteiger partial charge on any atom is -0.299 e. The second kappa shape index (κ2) is 4.84. The molecule has 0 spiro atoms. The molecule has 1 N–H and O–H groups in total. The number of benzene rings is 1. The van der Waals surface area contributed by atoms with Gasteiger partial charge in [-0.15, -0.1) is 0 Å². The zero-order valence-corrected chi connectivity index (χ0v) is 11.4. The van der Waals surface area contributed by atoms with E-state index in [0.717, 1.165) is 16.8 Å². The fraction of sp³-hybridized carbons (Fsp3) is 0.400. The standard InChI is InChI=1S/C15H20N2O/c1-5-17-15(18)13(14(16-17)10(2)3)12-8-6-11(4)7-9-12/h6-10,16H,5H2,1-4H3. The molecular formula is C15H20N2O. The molecule has 3 heteroatoms. The van der Waals surface area contributed by atoms with Gasteiger partial charge in [-0.1, -0.05) is 43.7 Å². The van der Waals surface area contributed by atoms with E-state index in [1.807, 2.05) is 31.2 Å². The molecule has 0 radical (unpaired) electrons. The summed E-state index contributed by atoms with van der Waals surface area (Å²) in [5.41, 5.74) is 4.11. The van der Waals surface area contributed by atoms with Crippen molar-refractivity contribution in [2.24, 2.45) is 0 Å². The molecule has 0 fully saturated rings. The summed E-state index contributed by atoms with van der Waals surface area (Å²) in [5.74, 6) is 0.307. The highest BCUT2D eigenvalue weighted by atomic mass is 16.1. The SMILES string of the molecule is CCn1[nH]c(C(C)C)c(-c2ccc(C)cc2)c1=O. The van der Waals surface area contributed by atoms with Gasteiger partial charge in [0.2, 0.25) is 0 Å². The van der Waals surface area contributed by atoms with Crippen LogP contribution >= 0.6 is 0 Å². The van der Waals surface area contributed by atoms with Crippen LogP contribution < -0.4 is 5.56 Å². The van der Waals surface area contributed by atoms with E-state index in [4.69, 9.17) is 0 Å². The van der Waals surface area contributed by atoms with Crippen molar-refractivity contribution in [3.63, 3.8) is 0 Å². The van der Waals surface area contributed by atoms with Gasteiger partial charge in [0.25, 0.3) is 5.56 Å². The molecule has 0 saturated carbocycles. The fourth-order valence-corrected chi connectivity index (χ4v) is 2.14. The number of nitrogens with one attached hydrogen (secondary N) is 1. The highest BCUT2D eigenvalue weighted by Crippen LogP contribution is 2.25. The maximum Gasteiger partial charge on any atom is 0.274 e. The third kappa shape index (κ3) is 2.13. The molecule has 0 bridgehead atoms. The van der Waals surface area contributed by atoms with Gasteiger partial charge in [-0.25, -0.2) is 0 Å². The van der Waals surface area contributed by atoms with Crippen molar-refractivity contribution in [2.45, 2.75) is 40.2 Å². The number of H-pyrrole nitrogens is 1. The predicted octanol–water partition coefficient (Wildman–Crippen LogP) is 3.30. The van der Waals surface area contributed by atoms with Crippen LogP contribution in [0.25, 0.3) is 11.1 Å². The van der Waals surface area contributed by atoms with Gasteiger partial charge in [-0.3, -0.25) is 14.6 Å². The molecule has 1 heterocycles. The first-order chi connectivity index (χ1) is 8.54. The first-order valence-corrected chi connectivity index (χ1v) is 6.44. The second-order valence-electron chi connectivity index (χ2n) is 4.97. The van der Waals surface area contributed by atoms with Crippen molar-refractivity contribution in [2.75, 3.05) is 0 Å². The van der Waals surface area contributed by atoms with E-state index in [2.05, 4.69) is 25.9 Å². The zero-order chi connectivity index (χ0) is 13.3. The van der Waals surface area contributed by atoms with Crippen LogP contribution in [-0.4, -0.2) is 9.78 Å². The lowest BCUT2D eigenvalue weighted by atomic mass is 9.99. The smallest absolute Gasteiger partial charge is 0.274 e. The van der Waals surface area contributed by atoms with Crippen LogP contribution in [0.3, 0.4) is 0 Å². The topological polar surface area (TPSA) is 37.8 Å². The van der Waals surface area contributed by atoms with Crippen LogP contribution in [0.1, 0.15) is 37.9 Å².